The van der Waals surface area contributed by atoms with Crippen LogP contribution in [0, 0.1) is 10.8 Å². The molecule has 0 amide bonds. The first-order valence-corrected chi connectivity index (χ1v) is 8.21. The van der Waals surface area contributed by atoms with E-state index in [1.54, 1.807) is 0 Å². The van der Waals surface area contributed by atoms with Crippen LogP contribution in [0.1, 0.15) is 59.3 Å². The minimum atomic E-state index is 0.00323. The monoisotopic (exact) mass is 295 g/mol. The van der Waals surface area contributed by atoms with Crippen LogP contribution in [0.4, 0.5) is 0 Å². The van der Waals surface area contributed by atoms with Gasteiger partial charge in [-0.2, -0.15) is 0 Å². The highest BCUT2D eigenvalue weighted by atomic mass is 16.5. The van der Waals surface area contributed by atoms with E-state index in [2.05, 4.69) is 18.7 Å². The van der Waals surface area contributed by atoms with Crippen LogP contribution in [0.2, 0.25) is 0 Å². The molecule has 0 atom stereocenters. The first kappa shape index (κ1) is 19.8. The highest BCUT2D eigenvalue weighted by Crippen LogP contribution is 2.05. The lowest BCUT2D eigenvalue weighted by Crippen LogP contribution is -2.28. The van der Waals surface area contributed by atoms with E-state index in [1.807, 2.05) is 20.0 Å². The fourth-order valence-electron chi connectivity index (χ4n) is 2.16. The summed E-state index contributed by atoms with van der Waals surface area (Å²) in [5.41, 5.74) is 1.08. The maximum absolute atomic E-state index is 8.08. The lowest BCUT2D eigenvalue weighted by molar-refractivity contribution is 0.295. The van der Waals surface area contributed by atoms with Gasteiger partial charge in [-0.3, -0.25) is 10.8 Å². The van der Waals surface area contributed by atoms with Crippen molar-refractivity contribution in [1.29, 1.82) is 10.8 Å². The lowest BCUT2D eigenvalue weighted by Gasteiger charge is -2.18. The summed E-state index contributed by atoms with van der Waals surface area (Å²) in [6.07, 6.45) is 8.84. The fraction of sp³-hybridized carbons (Fsp3) is 0.765. The van der Waals surface area contributed by atoms with Gasteiger partial charge in [-0.25, -0.2) is 0 Å². The van der Waals surface area contributed by atoms with Crippen LogP contribution in [0.5, 0.6) is 0 Å². The third-order valence-corrected chi connectivity index (χ3v) is 3.44. The zero-order valence-electron chi connectivity index (χ0n) is 14.3. The number of nitrogens with zero attached hydrogens (tertiary/aromatic N) is 1. The van der Waals surface area contributed by atoms with Crippen LogP contribution in [-0.2, 0) is 4.74 Å². The highest BCUT2D eigenvalue weighted by Gasteiger charge is 2.13. The fourth-order valence-corrected chi connectivity index (χ4v) is 2.16. The molecule has 0 aromatic rings. The van der Waals surface area contributed by atoms with Crippen molar-refractivity contribution in [3.8, 4) is 0 Å². The van der Waals surface area contributed by atoms with Crippen molar-refractivity contribution in [2.24, 2.45) is 0 Å². The topological polar surface area (TPSA) is 60.2 Å². The minimum absolute atomic E-state index is 0.00323. The Morgan fingerprint density at radius 3 is 2.29 bits per heavy atom. The Morgan fingerprint density at radius 1 is 1.05 bits per heavy atom. The smallest absolute Gasteiger partial charge is 0.232 e. The average molecular weight is 295 g/mol. The summed E-state index contributed by atoms with van der Waals surface area (Å²) in [5, 5.41) is 16.0. The molecule has 122 valence electrons. The molecule has 0 saturated heterocycles. The molecular weight excluding hydrogens is 262 g/mol. The second-order valence-electron chi connectivity index (χ2n) is 5.52. The summed E-state index contributed by atoms with van der Waals surface area (Å²) in [6, 6.07) is 0. The van der Waals surface area contributed by atoms with E-state index in [4.69, 9.17) is 15.6 Å². The molecule has 0 rings (SSSR count). The quantitative estimate of drug-likeness (QED) is 0.321. The van der Waals surface area contributed by atoms with Gasteiger partial charge < -0.3 is 9.64 Å². The van der Waals surface area contributed by atoms with E-state index < -0.39 is 0 Å². The molecule has 0 spiro atoms. The molecule has 0 aromatic carbocycles. The van der Waals surface area contributed by atoms with Crippen LogP contribution in [0.3, 0.4) is 0 Å². The SMILES string of the molecule is C/C=C(\CN(C)CCC)C(=N)C(=N)OCCCCCCC. The Balaban J connectivity index is 4.08. The summed E-state index contributed by atoms with van der Waals surface area (Å²) in [7, 11) is 2.04. The molecule has 0 aliphatic carbocycles. The van der Waals surface area contributed by atoms with Crippen molar-refractivity contribution in [3.05, 3.63) is 11.6 Å². The molecule has 0 bridgehead atoms. The predicted molar refractivity (Wildman–Crippen MR) is 91.7 cm³/mol. The average Bonchev–Trinajstić information content (AvgIpc) is 2.47. The van der Waals surface area contributed by atoms with Crippen molar-refractivity contribution < 1.29 is 4.74 Å². The molecule has 0 unspecified atom stereocenters. The van der Waals surface area contributed by atoms with E-state index in [9.17, 15) is 0 Å². The van der Waals surface area contributed by atoms with Gasteiger partial charge in [0.05, 0.1) is 6.61 Å². The van der Waals surface area contributed by atoms with Gasteiger partial charge in [-0.05, 0) is 38.9 Å². The Labute approximate surface area is 130 Å². The number of allylic oxidation sites excluding steroid dienone is 1. The molecule has 4 heteroatoms. The Kier molecular flexibility index (Phi) is 11.9. The molecule has 2 N–H and O–H groups in total. The second-order valence-corrected chi connectivity index (χ2v) is 5.52. The molecule has 0 aromatic heterocycles. The molecule has 0 heterocycles. The molecule has 21 heavy (non-hydrogen) atoms. The van der Waals surface area contributed by atoms with Gasteiger partial charge in [0.15, 0.2) is 0 Å². The van der Waals surface area contributed by atoms with Crippen LogP contribution in [-0.4, -0.2) is 43.3 Å². The van der Waals surface area contributed by atoms with Gasteiger partial charge >= 0.3 is 0 Å². The molecular formula is C17H33N3O. The third kappa shape index (κ3) is 9.40. The normalized spacial score (nSPS) is 11.8. The molecule has 4 nitrogen and oxygen atoms in total. The lowest BCUT2D eigenvalue weighted by atomic mass is 10.1. The molecule has 0 radical (unpaired) electrons. The summed E-state index contributed by atoms with van der Waals surface area (Å²) in [4.78, 5) is 2.17. The van der Waals surface area contributed by atoms with Crippen molar-refractivity contribution in [1.82, 2.24) is 4.90 Å². The molecule has 0 aliphatic rings. The largest absolute Gasteiger partial charge is 0.477 e. The van der Waals surface area contributed by atoms with Gasteiger partial charge in [-0.1, -0.05) is 45.6 Å². The molecule has 0 aliphatic heterocycles. The second kappa shape index (κ2) is 12.6. The number of hydrogen-bond acceptors (Lipinski definition) is 4. The molecule has 0 saturated carbocycles. The first-order valence-electron chi connectivity index (χ1n) is 8.21. The van der Waals surface area contributed by atoms with E-state index in [0.717, 1.165) is 31.4 Å². The number of likely N-dealkylation sites (N-methyl/N-ethyl adjacent to an activating group) is 1. The maximum Gasteiger partial charge on any atom is 0.232 e. The molecule has 0 fully saturated rings. The summed E-state index contributed by atoms with van der Waals surface area (Å²) >= 11 is 0. The van der Waals surface area contributed by atoms with Crippen molar-refractivity contribution in [2.75, 3.05) is 26.7 Å². The summed E-state index contributed by atoms with van der Waals surface area (Å²) < 4.78 is 5.41. The number of unbranched alkanes of at least 4 members (excludes halogenated alkanes) is 4. The van der Waals surface area contributed by atoms with Crippen LogP contribution >= 0.6 is 0 Å². The van der Waals surface area contributed by atoms with Gasteiger partial charge in [0, 0.05) is 6.54 Å². The summed E-state index contributed by atoms with van der Waals surface area (Å²) in [5.74, 6) is 0.00323. The van der Waals surface area contributed by atoms with Crippen LogP contribution in [0.15, 0.2) is 11.6 Å². The zero-order valence-corrected chi connectivity index (χ0v) is 14.3. The first-order chi connectivity index (χ1) is 10.1. The van der Waals surface area contributed by atoms with Crippen LogP contribution in [0.25, 0.3) is 0 Å². The van der Waals surface area contributed by atoms with E-state index in [1.165, 1.54) is 19.3 Å². The van der Waals surface area contributed by atoms with E-state index >= 15 is 0 Å². The minimum Gasteiger partial charge on any atom is -0.477 e. The Morgan fingerprint density at radius 2 is 1.71 bits per heavy atom. The van der Waals surface area contributed by atoms with Gasteiger partial charge in [-0.15, -0.1) is 0 Å². The Bertz CT molecular complexity index is 337. The third-order valence-electron chi connectivity index (χ3n) is 3.44. The van der Waals surface area contributed by atoms with Gasteiger partial charge in [0.25, 0.3) is 0 Å². The maximum atomic E-state index is 8.08. The summed E-state index contributed by atoms with van der Waals surface area (Å²) in [6.45, 7) is 8.50. The predicted octanol–water partition coefficient (Wildman–Crippen LogP) is 4.26. The van der Waals surface area contributed by atoms with Crippen LogP contribution < -0.4 is 0 Å². The van der Waals surface area contributed by atoms with Gasteiger partial charge in [0.2, 0.25) is 5.90 Å². The number of ether oxygens (including phenoxy) is 1. The zero-order chi connectivity index (χ0) is 16.1. The number of hydrogen-bond donors (Lipinski definition) is 2. The van der Waals surface area contributed by atoms with Crippen molar-refractivity contribution in [2.45, 2.75) is 59.3 Å². The van der Waals surface area contributed by atoms with Crippen molar-refractivity contribution >= 4 is 11.6 Å². The Hall–Kier alpha value is -1.16. The van der Waals surface area contributed by atoms with Crippen molar-refractivity contribution in [3.63, 3.8) is 0 Å². The number of nitrogens with one attached hydrogen (secondary N) is 2. The van der Waals surface area contributed by atoms with E-state index in [0.29, 0.717) is 13.2 Å². The highest BCUT2D eigenvalue weighted by molar-refractivity contribution is 6.43. The van der Waals surface area contributed by atoms with Gasteiger partial charge in [0.1, 0.15) is 5.71 Å². The number of rotatable bonds is 12. The van der Waals surface area contributed by atoms with E-state index in [-0.39, 0.29) is 11.6 Å². The standard InChI is InChI=1S/C17H33N3O/c1-5-8-9-10-11-13-21-17(19)16(18)15(7-3)14-20(4)12-6-2/h7,18-19H,5-6,8-14H2,1-4H3/b15-7+,18-16?,19-17?.